The van der Waals surface area contributed by atoms with Gasteiger partial charge in [-0.3, -0.25) is 4.79 Å². The molecule has 0 fully saturated rings. The molecule has 0 saturated carbocycles. The summed E-state index contributed by atoms with van der Waals surface area (Å²) in [6, 6.07) is 6.14. The van der Waals surface area contributed by atoms with E-state index in [4.69, 9.17) is 4.74 Å². The SMILES string of the molecule is CC(=O)N1CCc2cc(C=CCCNC(=O)OC(C)(C)C)ccc21. The highest BCUT2D eigenvalue weighted by molar-refractivity contribution is 5.93. The van der Waals surface area contributed by atoms with Gasteiger partial charge in [-0.05, 0) is 56.9 Å². The Kier molecular flexibility index (Phi) is 5.65. The molecule has 0 saturated heterocycles. The Morgan fingerprint density at radius 3 is 2.75 bits per heavy atom. The number of carbonyl (C=O) groups is 2. The van der Waals surface area contributed by atoms with Crippen molar-refractivity contribution in [3.63, 3.8) is 0 Å². The average molecular weight is 330 g/mol. The third-order valence-corrected chi connectivity index (χ3v) is 3.67. The molecule has 0 aliphatic carbocycles. The number of alkyl carbamates (subject to hydrolysis) is 1. The molecule has 5 heteroatoms. The van der Waals surface area contributed by atoms with Gasteiger partial charge in [0.05, 0.1) is 0 Å². The van der Waals surface area contributed by atoms with E-state index in [0.29, 0.717) is 6.54 Å². The third kappa shape index (κ3) is 5.11. The molecule has 0 spiro atoms. The van der Waals surface area contributed by atoms with Gasteiger partial charge in [0.2, 0.25) is 5.91 Å². The fraction of sp³-hybridized carbons (Fsp3) is 0.474. The Bertz CT molecular complexity index is 645. The Morgan fingerprint density at radius 1 is 1.33 bits per heavy atom. The maximum atomic E-state index is 11.5. The molecule has 1 aromatic carbocycles. The first-order valence-corrected chi connectivity index (χ1v) is 8.31. The minimum absolute atomic E-state index is 0.0882. The molecule has 1 aliphatic rings. The van der Waals surface area contributed by atoms with E-state index < -0.39 is 11.7 Å². The van der Waals surface area contributed by atoms with E-state index in [0.717, 1.165) is 30.6 Å². The summed E-state index contributed by atoms with van der Waals surface area (Å²) in [6.07, 6.45) is 5.30. The molecule has 130 valence electrons. The lowest BCUT2D eigenvalue weighted by Crippen LogP contribution is -2.32. The topological polar surface area (TPSA) is 58.6 Å². The molecule has 1 heterocycles. The van der Waals surface area contributed by atoms with Crippen molar-refractivity contribution in [3.8, 4) is 0 Å². The van der Waals surface area contributed by atoms with Crippen LogP contribution in [0.2, 0.25) is 0 Å². The summed E-state index contributed by atoms with van der Waals surface area (Å²) in [5.74, 6) is 0.0882. The van der Waals surface area contributed by atoms with Crippen LogP contribution in [0.1, 0.15) is 45.2 Å². The molecule has 0 unspecified atom stereocenters. The first-order valence-electron chi connectivity index (χ1n) is 8.31. The number of hydrogen-bond donors (Lipinski definition) is 1. The van der Waals surface area contributed by atoms with Crippen LogP contribution < -0.4 is 10.2 Å². The van der Waals surface area contributed by atoms with Crippen molar-refractivity contribution in [2.45, 2.75) is 46.1 Å². The largest absolute Gasteiger partial charge is 0.444 e. The van der Waals surface area contributed by atoms with Crippen LogP contribution in [0.3, 0.4) is 0 Å². The van der Waals surface area contributed by atoms with Crippen molar-refractivity contribution in [3.05, 3.63) is 35.4 Å². The molecule has 0 aromatic heterocycles. The van der Waals surface area contributed by atoms with Crippen LogP contribution in [0.15, 0.2) is 24.3 Å². The lowest BCUT2D eigenvalue weighted by Gasteiger charge is -2.19. The van der Waals surface area contributed by atoms with Crippen molar-refractivity contribution in [1.29, 1.82) is 0 Å². The summed E-state index contributed by atoms with van der Waals surface area (Å²) in [5, 5.41) is 2.73. The predicted molar refractivity (Wildman–Crippen MR) is 96.1 cm³/mol. The monoisotopic (exact) mass is 330 g/mol. The van der Waals surface area contributed by atoms with Crippen LogP contribution in [0.25, 0.3) is 6.08 Å². The van der Waals surface area contributed by atoms with Gasteiger partial charge in [0.25, 0.3) is 0 Å². The Labute approximate surface area is 143 Å². The van der Waals surface area contributed by atoms with E-state index in [1.165, 1.54) is 5.56 Å². The van der Waals surface area contributed by atoms with Gasteiger partial charge in [-0.2, -0.15) is 0 Å². The summed E-state index contributed by atoms with van der Waals surface area (Å²) in [6.45, 7) is 8.42. The zero-order chi connectivity index (χ0) is 17.7. The van der Waals surface area contributed by atoms with Crippen molar-refractivity contribution >= 4 is 23.8 Å². The van der Waals surface area contributed by atoms with E-state index in [9.17, 15) is 9.59 Å². The van der Waals surface area contributed by atoms with Crippen LogP contribution in [0.4, 0.5) is 10.5 Å². The third-order valence-electron chi connectivity index (χ3n) is 3.67. The van der Waals surface area contributed by atoms with E-state index in [1.54, 1.807) is 6.92 Å². The zero-order valence-corrected chi connectivity index (χ0v) is 14.9. The molecule has 0 bridgehead atoms. The number of carbonyl (C=O) groups excluding carboxylic acids is 2. The summed E-state index contributed by atoms with van der Waals surface area (Å²) in [5.41, 5.74) is 2.86. The molecule has 0 radical (unpaired) electrons. The second-order valence-electron chi connectivity index (χ2n) is 6.93. The Hall–Kier alpha value is -2.30. The molecular weight excluding hydrogens is 304 g/mol. The van der Waals surface area contributed by atoms with Gasteiger partial charge in [-0.25, -0.2) is 4.79 Å². The van der Waals surface area contributed by atoms with Crippen LogP contribution in [0, 0.1) is 0 Å². The average Bonchev–Trinajstić information content (AvgIpc) is 2.88. The fourth-order valence-corrected chi connectivity index (χ4v) is 2.64. The van der Waals surface area contributed by atoms with Crippen molar-refractivity contribution < 1.29 is 14.3 Å². The molecule has 5 nitrogen and oxygen atoms in total. The predicted octanol–water partition coefficient (Wildman–Crippen LogP) is 3.52. The number of rotatable bonds is 4. The van der Waals surface area contributed by atoms with Crippen LogP contribution >= 0.6 is 0 Å². The first-order chi connectivity index (χ1) is 11.3. The number of nitrogens with zero attached hydrogens (tertiary/aromatic N) is 1. The van der Waals surface area contributed by atoms with Gasteiger partial charge in [0.15, 0.2) is 0 Å². The van der Waals surface area contributed by atoms with Crippen LogP contribution in [0.5, 0.6) is 0 Å². The molecule has 2 amide bonds. The van der Waals surface area contributed by atoms with E-state index in [2.05, 4.69) is 11.4 Å². The molecule has 0 atom stereocenters. The number of fused-ring (bicyclic) bond motifs is 1. The number of hydrogen-bond acceptors (Lipinski definition) is 3. The number of nitrogens with one attached hydrogen (secondary N) is 1. The van der Waals surface area contributed by atoms with Crippen LogP contribution in [-0.2, 0) is 16.0 Å². The summed E-state index contributed by atoms with van der Waals surface area (Å²) >= 11 is 0. The normalized spacial score (nSPS) is 13.9. The molecule has 24 heavy (non-hydrogen) atoms. The quantitative estimate of drug-likeness (QED) is 0.859. The van der Waals surface area contributed by atoms with Gasteiger partial charge in [0.1, 0.15) is 5.60 Å². The fourth-order valence-electron chi connectivity index (χ4n) is 2.64. The Morgan fingerprint density at radius 2 is 2.08 bits per heavy atom. The Balaban J connectivity index is 1.81. The molecule has 1 aromatic rings. The highest BCUT2D eigenvalue weighted by atomic mass is 16.6. The van der Waals surface area contributed by atoms with Gasteiger partial charge in [0, 0.05) is 25.7 Å². The van der Waals surface area contributed by atoms with Gasteiger partial charge in [-0.15, -0.1) is 0 Å². The second kappa shape index (κ2) is 7.51. The first kappa shape index (κ1) is 18.0. The smallest absolute Gasteiger partial charge is 0.407 e. The molecular formula is C19H26N2O3. The van der Waals surface area contributed by atoms with Crippen LogP contribution in [-0.4, -0.2) is 30.7 Å². The summed E-state index contributed by atoms with van der Waals surface area (Å²) < 4.78 is 5.18. The number of amides is 2. The lowest BCUT2D eigenvalue weighted by atomic mass is 10.1. The minimum Gasteiger partial charge on any atom is -0.444 e. The van der Waals surface area contributed by atoms with E-state index in [-0.39, 0.29) is 5.91 Å². The zero-order valence-electron chi connectivity index (χ0n) is 14.9. The minimum atomic E-state index is -0.474. The van der Waals surface area contributed by atoms with Gasteiger partial charge < -0.3 is 15.0 Å². The highest BCUT2D eigenvalue weighted by Crippen LogP contribution is 2.29. The second-order valence-corrected chi connectivity index (χ2v) is 6.93. The lowest BCUT2D eigenvalue weighted by molar-refractivity contribution is -0.116. The van der Waals surface area contributed by atoms with Crippen molar-refractivity contribution in [2.24, 2.45) is 0 Å². The van der Waals surface area contributed by atoms with E-state index in [1.807, 2.05) is 50.0 Å². The van der Waals surface area contributed by atoms with E-state index >= 15 is 0 Å². The summed E-state index contributed by atoms with van der Waals surface area (Å²) in [7, 11) is 0. The molecule has 2 rings (SSSR count). The highest BCUT2D eigenvalue weighted by Gasteiger charge is 2.21. The maximum Gasteiger partial charge on any atom is 0.407 e. The standard InChI is InChI=1S/C19H26N2O3/c1-14(22)21-12-10-16-13-15(8-9-17(16)21)7-5-6-11-20-18(23)24-19(2,3)4/h5,7-9,13H,6,10-12H2,1-4H3,(H,20,23). The molecule has 1 N–H and O–H groups in total. The number of benzene rings is 1. The van der Waals surface area contributed by atoms with Gasteiger partial charge >= 0.3 is 6.09 Å². The molecule has 1 aliphatic heterocycles. The number of ether oxygens (including phenoxy) is 1. The summed E-state index contributed by atoms with van der Waals surface area (Å²) in [4.78, 5) is 24.9. The maximum absolute atomic E-state index is 11.5. The van der Waals surface area contributed by atoms with Crippen molar-refractivity contribution in [1.82, 2.24) is 5.32 Å². The number of anilines is 1. The van der Waals surface area contributed by atoms with Crippen molar-refractivity contribution in [2.75, 3.05) is 18.0 Å². The van der Waals surface area contributed by atoms with Gasteiger partial charge in [-0.1, -0.05) is 18.2 Å².